The monoisotopic (exact) mass is 342 g/mol. The Morgan fingerprint density at radius 1 is 1.10 bits per heavy atom. The lowest BCUT2D eigenvalue weighted by atomic mass is 10.2. The van der Waals surface area contributed by atoms with Crippen molar-refractivity contribution in [2.75, 3.05) is 7.11 Å². The van der Waals surface area contributed by atoms with Crippen LogP contribution in [0.2, 0.25) is 0 Å². The molecular formula is C14H9BrF2O3. The van der Waals surface area contributed by atoms with Gasteiger partial charge in [0.25, 0.3) is 0 Å². The number of hydrogen-bond donors (Lipinski definition) is 0. The fourth-order valence-electron chi connectivity index (χ4n) is 1.51. The number of carbonyl (C=O) groups is 1. The Morgan fingerprint density at radius 3 is 2.15 bits per heavy atom. The molecule has 0 aromatic heterocycles. The summed E-state index contributed by atoms with van der Waals surface area (Å²) < 4.78 is 37.9. The quantitative estimate of drug-likeness (QED) is 0.780. The molecule has 0 radical (unpaired) electrons. The fourth-order valence-corrected chi connectivity index (χ4v) is 1.78. The number of methoxy groups -OCH3 is 1. The Labute approximate surface area is 122 Å². The van der Waals surface area contributed by atoms with Gasteiger partial charge in [0.05, 0.1) is 12.7 Å². The second kappa shape index (κ2) is 6.00. The number of esters is 1. The fraction of sp³-hybridized carbons (Fsp3) is 0.0714. The number of carbonyl (C=O) groups excluding carboxylic acids is 1. The summed E-state index contributed by atoms with van der Waals surface area (Å²) in [5, 5.41) is 0. The van der Waals surface area contributed by atoms with E-state index in [2.05, 4.69) is 20.7 Å². The first-order chi connectivity index (χ1) is 9.51. The molecule has 0 saturated carbocycles. The molecule has 0 atom stereocenters. The van der Waals surface area contributed by atoms with Gasteiger partial charge in [0.1, 0.15) is 5.75 Å². The summed E-state index contributed by atoms with van der Waals surface area (Å²) in [7, 11) is 1.13. The van der Waals surface area contributed by atoms with Crippen molar-refractivity contribution in [2.24, 2.45) is 0 Å². The van der Waals surface area contributed by atoms with Gasteiger partial charge < -0.3 is 9.47 Å². The van der Waals surface area contributed by atoms with E-state index in [0.717, 1.165) is 23.7 Å². The zero-order chi connectivity index (χ0) is 14.7. The maximum atomic E-state index is 13.8. The van der Waals surface area contributed by atoms with Crippen LogP contribution in [-0.2, 0) is 4.74 Å². The molecule has 0 saturated heterocycles. The van der Waals surface area contributed by atoms with Crippen molar-refractivity contribution in [1.82, 2.24) is 0 Å². The molecular weight excluding hydrogens is 334 g/mol. The normalized spacial score (nSPS) is 10.2. The molecule has 0 bridgehead atoms. The van der Waals surface area contributed by atoms with E-state index >= 15 is 0 Å². The van der Waals surface area contributed by atoms with Crippen molar-refractivity contribution in [1.29, 1.82) is 0 Å². The van der Waals surface area contributed by atoms with Crippen LogP contribution in [0.5, 0.6) is 11.5 Å². The maximum absolute atomic E-state index is 13.8. The smallest absolute Gasteiger partial charge is 0.338 e. The van der Waals surface area contributed by atoms with E-state index in [4.69, 9.17) is 4.74 Å². The minimum atomic E-state index is -0.978. The summed E-state index contributed by atoms with van der Waals surface area (Å²) in [6, 6.07) is 8.18. The summed E-state index contributed by atoms with van der Waals surface area (Å²) in [6.07, 6.45) is 0. The Balaban J connectivity index is 2.33. The second-order valence-corrected chi connectivity index (χ2v) is 4.73. The van der Waals surface area contributed by atoms with Crippen LogP contribution in [0.15, 0.2) is 40.9 Å². The third kappa shape index (κ3) is 3.14. The van der Waals surface area contributed by atoms with E-state index in [-0.39, 0.29) is 11.3 Å². The van der Waals surface area contributed by atoms with Crippen molar-refractivity contribution >= 4 is 21.9 Å². The zero-order valence-electron chi connectivity index (χ0n) is 10.3. The first-order valence-electron chi connectivity index (χ1n) is 5.52. The Bertz CT molecular complexity index is 618. The minimum absolute atomic E-state index is 0.217. The third-order valence-corrected chi connectivity index (χ3v) is 2.98. The number of halogens is 3. The highest BCUT2D eigenvalue weighted by Crippen LogP contribution is 2.29. The maximum Gasteiger partial charge on any atom is 0.338 e. The van der Waals surface area contributed by atoms with E-state index < -0.39 is 23.4 Å². The largest absolute Gasteiger partial charge is 0.465 e. The van der Waals surface area contributed by atoms with Crippen LogP contribution in [0.1, 0.15) is 10.4 Å². The molecule has 0 spiro atoms. The van der Waals surface area contributed by atoms with Crippen molar-refractivity contribution in [3.05, 3.63) is 58.1 Å². The Kier molecular flexibility index (Phi) is 4.34. The predicted octanol–water partition coefficient (Wildman–Crippen LogP) is 4.31. The molecule has 2 rings (SSSR count). The molecule has 2 aromatic carbocycles. The molecule has 0 fully saturated rings. The molecule has 3 nitrogen and oxygen atoms in total. The summed E-state index contributed by atoms with van der Waals surface area (Å²) in [5.41, 5.74) is -0.217. The van der Waals surface area contributed by atoms with Gasteiger partial charge in [-0.15, -0.1) is 0 Å². The average Bonchev–Trinajstić information content (AvgIpc) is 2.43. The standard InChI is InChI=1S/C14H9BrF2O3/c1-19-14(18)8-6-11(16)13(12(17)7-8)20-10-4-2-9(15)3-5-10/h2-7H,1H3. The van der Waals surface area contributed by atoms with Crippen molar-refractivity contribution in [3.63, 3.8) is 0 Å². The average molecular weight is 343 g/mol. The Hall–Kier alpha value is -1.95. The second-order valence-electron chi connectivity index (χ2n) is 3.82. The van der Waals surface area contributed by atoms with Crippen LogP contribution in [-0.4, -0.2) is 13.1 Å². The molecule has 2 aromatic rings. The number of ether oxygens (including phenoxy) is 2. The third-order valence-electron chi connectivity index (χ3n) is 2.45. The lowest BCUT2D eigenvalue weighted by molar-refractivity contribution is 0.0599. The lowest BCUT2D eigenvalue weighted by Gasteiger charge is -2.09. The molecule has 20 heavy (non-hydrogen) atoms. The number of rotatable bonds is 3. The molecule has 0 aliphatic rings. The van der Waals surface area contributed by atoms with Gasteiger partial charge in [-0.3, -0.25) is 0 Å². The first kappa shape index (κ1) is 14.5. The van der Waals surface area contributed by atoms with Crippen LogP contribution in [0.3, 0.4) is 0 Å². The topological polar surface area (TPSA) is 35.5 Å². The van der Waals surface area contributed by atoms with Gasteiger partial charge in [-0.25, -0.2) is 13.6 Å². The van der Waals surface area contributed by atoms with Gasteiger partial charge in [0.15, 0.2) is 17.4 Å². The van der Waals surface area contributed by atoms with E-state index in [1.54, 1.807) is 24.3 Å². The Morgan fingerprint density at radius 2 is 1.65 bits per heavy atom. The number of hydrogen-bond acceptors (Lipinski definition) is 3. The van der Waals surface area contributed by atoms with E-state index in [1.165, 1.54) is 0 Å². The molecule has 104 valence electrons. The van der Waals surface area contributed by atoms with E-state index in [9.17, 15) is 13.6 Å². The highest BCUT2D eigenvalue weighted by atomic mass is 79.9. The SMILES string of the molecule is COC(=O)c1cc(F)c(Oc2ccc(Br)cc2)c(F)c1. The van der Waals surface area contributed by atoms with Gasteiger partial charge in [0.2, 0.25) is 0 Å². The van der Waals surface area contributed by atoms with Gasteiger partial charge in [-0.05, 0) is 36.4 Å². The predicted molar refractivity (Wildman–Crippen MR) is 71.9 cm³/mol. The molecule has 0 N–H and O–H groups in total. The van der Waals surface area contributed by atoms with E-state index in [0.29, 0.717) is 0 Å². The molecule has 0 aliphatic carbocycles. The summed E-state index contributed by atoms with van der Waals surface area (Å²) in [5.74, 6) is -3.07. The molecule has 0 aliphatic heterocycles. The van der Waals surface area contributed by atoms with Crippen molar-refractivity contribution < 1.29 is 23.0 Å². The van der Waals surface area contributed by atoms with Crippen molar-refractivity contribution in [3.8, 4) is 11.5 Å². The lowest BCUT2D eigenvalue weighted by Crippen LogP contribution is -2.04. The first-order valence-corrected chi connectivity index (χ1v) is 6.31. The van der Waals surface area contributed by atoms with Crippen LogP contribution in [0.4, 0.5) is 8.78 Å². The van der Waals surface area contributed by atoms with Crippen LogP contribution in [0, 0.1) is 11.6 Å². The van der Waals surface area contributed by atoms with Crippen LogP contribution >= 0.6 is 15.9 Å². The molecule has 0 unspecified atom stereocenters. The summed E-state index contributed by atoms with van der Waals surface area (Å²) in [6.45, 7) is 0. The summed E-state index contributed by atoms with van der Waals surface area (Å²) >= 11 is 3.24. The van der Waals surface area contributed by atoms with Gasteiger partial charge >= 0.3 is 5.97 Å². The van der Waals surface area contributed by atoms with Crippen molar-refractivity contribution in [2.45, 2.75) is 0 Å². The minimum Gasteiger partial charge on any atom is -0.465 e. The highest BCUT2D eigenvalue weighted by molar-refractivity contribution is 9.10. The van der Waals surface area contributed by atoms with E-state index in [1.807, 2.05) is 0 Å². The van der Waals surface area contributed by atoms with Gasteiger partial charge in [-0.1, -0.05) is 15.9 Å². The van der Waals surface area contributed by atoms with Gasteiger partial charge in [0, 0.05) is 4.47 Å². The number of benzene rings is 2. The zero-order valence-corrected chi connectivity index (χ0v) is 11.9. The van der Waals surface area contributed by atoms with Crippen LogP contribution < -0.4 is 4.74 Å². The molecule has 0 amide bonds. The van der Waals surface area contributed by atoms with Gasteiger partial charge in [-0.2, -0.15) is 0 Å². The molecule has 6 heteroatoms. The molecule has 0 heterocycles. The summed E-state index contributed by atoms with van der Waals surface area (Å²) in [4.78, 5) is 11.2. The van der Waals surface area contributed by atoms with Crippen LogP contribution in [0.25, 0.3) is 0 Å². The highest BCUT2D eigenvalue weighted by Gasteiger charge is 2.17.